The summed E-state index contributed by atoms with van der Waals surface area (Å²) in [7, 11) is 0. The van der Waals surface area contributed by atoms with E-state index < -0.39 is 0 Å². The Balaban J connectivity index is 2.14. The van der Waals surface area contributed by atoms with Crippen molar-refractivity contribution in [2.24, 2.45) is 0 Å². The molecule has 0 amide bonds. The average molecular weight is 193 g/mol. The third-order valence-corrected chi connectivity index (χ3v) is 2.08. The summed E-state index contributed by atoms with van der Waals surface area (Å²) < 4.78 is 5.01. The van der Waals surface area contributed by atoms with Crippen molar-refractivity contribution in [3.8, 4) is 0 Å². The highest BCUT2D eigenvalue weighted by Gasteiger charge is 1.94. The Morgan fingerprint density at radius 1 is 1.46 bits per heavy atom. The molecule has 0 spiro atoms. The summed E-state index contributed by atoms with van der Waals surface area (Å²) in [5.74, 6) is 0.562. The lowest BCUT2D eigenvalue weighted by Gasteiger charge is -1.81. The Kier molecular flexibility index (Phi) is 2.09. The summed E-state index contributed by atoms with van der Waals surface area (Å²) >= 11 is 1.41. The molecule has 0 atom stereocenters. The number of hydrogen-bond donors (Lipinski definition) is 1. The van der Waals surface area contributed by atoms with Crippen molar-refractivity contribution in [3.63, 3.8) is 0 Å². The van der Waals surface area contributed by atoms with E-state index in [-0.39, 0.29) is 0 Å². The highest BCUT2D eigenvalue weighted by Crippen LogP contribution is 2.13. The average Bonchev–Trinajstić information content (AvgIpc) is 2.71. The molecule has 5 heteroatoms. The molecule has 0 radical (unpaired) electrons. The topological polar surface area (TPSA) is 64.9 Å². The molecule has 0 aliphatic heterocycles. The summed E-state index contributed by atoms with van der Waals surface area (Å²) in [4.78, 5) is 7.98. The summed E-state index contributed by atoms with van der Waals surface area (Å²) in [6.45, 7) is 0. The van der Waals surface area contributed by atoms with Gasteiger partial charge in [0, 0.05) is 11.5 Å². The maximum atomic E-state index is 5.46. The zero-order chi connectivity index (χ0) is 9.10. The van der Waals surface area contributed by atoms with Crippen LogP contribution in [0.15, 0.2) is 22.3 Å². The largest absolute Gasteiger partial charge is 0.445 e. The van der Waals surface area contributed by atoms with E-state index in [1.54, 1.807) is 18.3 Å². The molecule has 2 aromatic heterocycles. The first-order valence-corrected chi connectivity index (χ1v) is 4.51. The van der Waals surface area contributed by atoms with Crippen molar-refractivity contribution in [2.75, 3.05) is 5.73 Å². The molecule has 0 fully saturated rings. The smallest absolute Gasteiger partial charge is 0.218 e. The van der Waals surface area contributed by atoms with Crippen LogP contribution in [0.2, 0.25) is 0 Å². The van der Waals surface area contributed by atoms with E-state index in [1.807, 2.05) is 5.38 Å². The van der Waals surface area contributed by atoms with Crippen molar-refractivity contribution in [1.29, 1.82) is 0 Å². The molecule has 2 N–H and O–H groups in total. The van der Waals surface area contributed by atoms with E-state index in [0.717, 1.165) is 5.69 Å². The zero-order valence-corrected chi connectivity index (χ0v) is 7.49. The molecule has 0 aliphatic carbocycles. The molecule has 0 aliphatic rings. The van der Waals surface area contributed by atoms with E-state index in [2.05, 4.69) is 9.97 Å². The number of thiazole rings is 1. The van der Waals surface area contributed by atoms with E-state index in [9.17, 15) is 0 Å². The monoisotopic (exact) mass is 193 g/mol. The van der Waals surface area contributed by atoms with Gasteiger partial charge in [0.05, 0.1) is 11.9 Å². The predicted octanol–water partition coefficient (Wildman–Crippen LogP) is 1.88. The first kappa shape index (κ1) is 8.00. The minimum atomic E-state index is 0.562. The molecule has 2 aromatic rings. The van der Waals surface area contributed by atoms with Crippen LogP contribution in [-0.4, -0.2) is 9.97 Å². The summed E-state index contributed by atoms with van der Waals surface area (Å²) in [5.41, 5.74) is 6.28. The molecule has 66 valence electrons. The Bertz CT molecular complexity index is 405. The molecule has 2 heterocycles. The van der Waals surface area contributed by atoms with Crippen molar-refractivity contribution in [3.05, 3.63) is 29.4 Å². The number of aromatic nitrogens is 2. The van der Waals surface area contributed by atoms with E-state index >= 15 is 0 Å². The Hall–Kier alpha value is -1.62. The zero-order valence-electron chi connectivity index (χ0n) is 6.68. The number of nitrogens with two attached hydrogens (primary N) is 1. The molecule has 13 heavy (non-hydrogen) atoms. The predicted molar refractivity (Wildman–Crippen MR) is 52.0 cm³/mol. The number of nitrogens with zero attached hydrogens (tertiary/aromatic N) is 2. The van der Waals surface area contributed by atoms with Crippen LogP contribution >= 0.6 is 11.3 Å². The molecule has 2 rings (SSSR count). The summed E-state index contributed by atoms with van der Waals surface area (Å²) in [6.07, 6.45) is 6.66. The van der Waals surface area contributed by atoms with E-state index in [4.69, 9.17) is 10.2 Å². The highest BCUT2D eigenvalue weighted by molar-refractivity contribution is 7.13. The van der Waals surface area contributed by atoms with Gasteiger partial charge >= 0.3 is 0 Å². The minimum absolute atomic E-state index is 0.562. The second-order valence-electron chi connectivity index (χ2n) is 2.31. The normalized spacial score (nSPS) is 11.1. The number of hydrogen-bond acceptors (Lipinski definition) is 5. The van der Waals surface area contributed by atoms with Crippen LogP contribution in [0.4, 0.5) is 5.13 Å². The molecular weight excluding hydrogens is 186 g/mol. The third kappa shape index (κ3) is 1.94. The maximum absolute atomic E-state index is 5.46. The first-order chi connectivity index (χ1) is 6.34. The van der Waals surface area contributed by atoms with Crippen molar-refractivity contribution in [1.82, 2.24) is 9.97 Å². The second kappa shape index (κ2) is 3.40. The van der Waals surface area contributed by atoms with Gasteiger partial charge in [-0.1, -0.05) is 0 Å². The SMILES string of the molecule is Nc1nc(/C=C/c2ncco2)cs1. The first-order valence-electron chi connectivity index (χ1n) is 3.63. The number of rotatable bonds is 2. The minimum Gasteiger partial charge on any atom is -0.445 e. The molecule has 0 saturated carbocycles. The second-order valence-corrected chi connectivity index (χ2v) is 3.20. The molecule has 0 unspecified atom stereocenters. The van der Waals surface area contributed by atoms with Gasteiger partial charge in [0.15, 0.2) is 5.13 Å². The van der Waals surface area contributed by atoms with Gasteiger partial charge in [-0.3, -0.25) is 0 Å². The fourth-order valence-corrected chi connectivity index (χ4v) is 1.38. The molecule has 0 saturated heterocycles. The number of oxazole rings is 1. The summed E-state index contributed by atoms with van der Waals surface area (Å²) in [6, 6.07) is 0. The van der Waals surface area contributed by atoms with Crippen LogP contribution in [0.3, 0.4) is 0 Å². The molecule has 0 bridgehead atoms. The van der Waals surface area contributed by atoms with Gasteiger partial charge in [0.1, 0.15) is 6.26 Å². The molecule has 4 nitrogen and oxygen atoms in total. The fourth-order valence-electron chi connectivity index (χ4n) is 0.851. The lowest BCUT2D eigenvalue weighted by Crippen LogP contribution is -1.80. The Morgan fingerprint density at radius 2 is 2.38 bits per heavy atom. The fraction of sp³-hybridized carbons (Fsp3) is 0. The Labute approximate surface area is 78.7 Å². The lowest BCUT2D eigenvalue weighted by molar-refractivity contribution is 0.547. The summed E-state index contributed by atoms with van der Waals surface area (Å²) in [5, 5.41) is 2.43. The van der Waals surface area contributed by atoms with Crippen LogP contribution in [-0.2, 0) is 0 Å². The van der Waals surface area contributed by atoms with Crippen molar-refractivity contribution < 1.29 is 4.42 Å². The third-order valence-electron chi connectivity index (χ3n) is 1.39. The van der Waals surface area contributed by atoms with Gasteiger partial charge in [0.2, 0.25) is 5.89 Å². The van der Waals surface area contributed by atoms with Crippen LogP contribution < -0.4 is 5.73 Å². The highest BCUT2D eigenvalue weighted by atomic mass is 32.1. The van der Waals surface area contributed by atoms with Crippen LogP contribution in [0, 0.1) is 0 Å². The van der Waals surface area contributed by atoms with Gasteiger partial charge in [0.25, 0.3) is 0 Å². The maximum Gasteiger partial charge on any atom is 0.218 e. The number of nitrogen functional groups attached to an aromatic ring is 1. The van der Waals surface area contributed by atoms with Crippen LogP contribution in [0.5, 0.6) is 0 Å². The lowest BCUT2D eigenvalue weighted by atomic mass is 10.4. The number of anilines is 1. The van der Waals surface area contributed by atoms with Gasteiger partial charge in [-0.05, 0) is 6.08 Å². The molecular formula is C8H7N3OS. The van der Waals surface area contributed by atoms with Gasteiger partial charge in [-0.25, -0.2) is 9.97 Å². The van der Waals surface area contributed by atoms with Crippen LogP contribution in [0.25, 0.3) is 12.2 Å². The van der Waals surface area contributed by atoms with Crippen molar-refractivity contribution in [2.45, 2.75) is 0 Å². The van der Waals surface area contributed by atoms with E-state index in [1.165, 1.54) is 17.6 Å². The van der Waals surface area contributed by atoms with Crippen molar-refractivity contribution >= 4 is 28.6 Å². The van der Waals surface area contributed by atoms with Gasteiger partial charge < -0.3 is 10.2 Å². The molecule has 0 aromatic carbocycles. The quantitative estimate of drug-likeness (QED) is 0.790. The van der Waals surface area contributed by atoms with Crippen LogP contribution in [0.1, 0.15) is 11.6 Å². The Morgan fingerprint density at radius 3 is 3.00 bits per heavy atom. The van der Waals surface area contributed by atoms with Gasteiger partial charge in [-0.2, -0.15) is 0 Å². The van der Waals surface area contributed by atoms with E-state index in [0.29, 0.717) is 11.0 Å². The standard InChI is InChI=1S/C8H7N3OS/c9-8-11-6(5-13-8)1-2-7-10-3-4-12-7/h1-5H,(H2,9,11)/b2-1+. The van der Waals surface area contributed by atoms with Gasteiger partial charge in [-0.15, -0.1) is 11.3 Å².